The average Bonchev–Trinajstić information content (AvgIpc) is 2.69. The number of hydrogen-bond donors (Lipinski definition) is 1. The van der Waals surface area contributed by atoms with Gasteiger partial charge in [-0.15, -0.1) is 11.3 Å². The predicted octanol–water partition coefficient (Wildman–Crippen LogP) is 3.55. The predicted molar refractivity (Wildman–Crippen MR) is 78.0 cm³/mol. The zero-order valence-corrected chi connectivity index (χ0v) is 11.9. The molecule has 0 atom stereocenters. The molecular formula is C15H15NO2S. The van der Waals surface area contributed by atoms with Gasteiger partial charge in [-0.25, -0.2) is 0 Å². The van der Waals surface area contributed by atoms with E-state index in [2.05, 4.69) is 5.32 Å². The number of nitrogens with one attached hydrogen (secondary N) is 1. The van der Waals surface area contributed by atoms with Crippen molar-refractivity contribution in [3.8, 4) is 0 Å². The van der Waals surface area contributed by atoms with Gasteiger partial charge in [0, 0.05) is 23.1 Å². The van der Waals surface area contributed by atoms with Crippen molar-refractivity contribution in [2.24, 2.45) is 0 Å². The van der Waals surface area contributed by atoms with Gasteiger partial charge >= 0.3 is 0 Å². The van der Waals surface area contributed by atoms with Crippen LogP contribution in [0, 0.1) is 13.8 Å². The first-order valence-electron chi connectivity index (χ1n) is 5.97. The topological polar surface area (TPSA) is 46.2 Å². The maximum Gasteiger partial charge on any atom is 0.221 e. The van der Waals surface area contributed by atoms with Crippen molar-refractivity contribution < 1.29 is 9.59 Å². The maximum absolute atomic E-state index is 12.3. The van der Waals surface area contributed by atoms with Crippen molar-refractivity contribution in [3.05, 3.63) is 51.2 Å². The third kappa shape index (κ3) is 3.09. The minimum Gasteiger partial charge on any atom is -0.326 e. The molecule has 0 aliphatic carbocycles. The van der Waals surface area contributed by atoms with Crippen molar-refractivity contribution >= 4 is 28.7 Å². The standard InChI is InChI=1S/C15H15NO2S/c1-9-8-14(19-10(9)2)15(18)12-4-6-13(7-5-12)16-11(3)17/h4-8H,1-3H3,(H,16,17). The van der Waals surface area contributed by atoms with Gasteiger partial charge in [0.15, 0.2) is 0 Å². The van der Waals surface area contributed by atoms with E-state index < -0.39 is 0 Å². The lowest BCUT2D eigenvalue weighted by molar-refractivity contribution is -0.114. The highest BCUT2D eigenvalue weighted by molar-refractivity contribution is 7.14. The molecule has 0 spiro atoms. The second-order valence-electron chi connectivity index (χ2n) is 4.44. The number of hydrogen-bond acceptors (Lipinski definition) is 3. The number of anilines is 1. The summed E-state index contributed by atoms with van der Waals surface area (Å²) in [5.41, 5.74) is 2.47. The molecule has 1 N–H and O–H groups in total. The van der Waals surface area contributed by atoms with E-state index in [-0.39, 0.29) is 11.7 Å². The lowest BCUT2D eigenvalue weighted by Gasteiger charge is -2.03. The van der Waals surface area contributed by atoms with Crippen LogP contribution in [0.4, 0.5) is 5.69 Å². The van der Waals surface area contributed by atoms with Gasteiger partial charge in [0.25, 0.3) is 0 Å². The van der Waals surface area contributed by atoms with Gasteiger partial charge in [-0.3, -0.25) is 9.59 Å². The molecule has 1 heterocycles. The normalized spacial score (nSPS) is 10.3. The summed E-state index contributed by atoms with van der Waals surface area (Å²) < 4.78 is 0. The van der Waals surface area contributed by atoms with E-state index >= 15 is 0 Å². The first kappa shape index (κ1) is 13.5. The van der Waals surface area contributed by atoms with Gasteiger partial charge in [-0.05, 0) is 49.7 Å². The van der Waals surface area contributed by atoms with Crippen LogP contribution in [0.25, 0.3) is 0 Å². The Morgan fingerprint density at radius 2 is 1.74 bits per heavy atom. The number of aryl methyl sites for hydroxylation is 2. The molecular weight excluding hydrogens is 258 g/mol. The highest BCUT2D eigenvalue weighted by Crippen LogP contribution is 2.23. The lowest BCUT2D eigenvalue weighted by Crippen LogP contribution is -2.06. The number of rotatable bonds is 3. The van der Waals surface area contributed by atoms with Gasteiger partial charge in [-0.1, -0.05) is 0 Å². The summed E-state index contributed by atoms with van der Waals surface area (Å²) in [5, 5.41) is 2.68. The van der Waals surface area contributed by atoms with Gasteiger partial charge < -0.3 is 5.32 Å². The summed E-state index contributed by atoms with van der Waals surface area (Å²) in [6.07, 6.45) is 0. The SMILES string of the molecule is CC(=O)Nc1ccc(C(=O)c2cc(C)c(C)s2)cc1. The van der Waals surface area contributed by atoms with Crippen LogP contribution in [-0.4, -0.2) is 11.7 Å². The molecule has 4 heteroatoms. The Balaban J connectivity index is 2.22. The molecule has 0 radical (unpaired) electrons. The maximum atomic E-state index is 12.3. The first-order chi connectivity index (χ1) is 8.97. The van der Waals surface area contributed by atoms with Crippen LogP contribution >= 0.6 is 11.3 Å². The van der Waals surface area contributed by atoms with Crippen molar-refractivity contribution in [2.75, 3.05) is 5.32 Å². The van der Waals surface area contributed by atoms with Crippen LogP contribution < -0.4 is 5.32 Å². The number of carbonyl (C=O) groups excluding carboxylic acids is 2. The fraction of sp³-hybridized carbons (Fsp3) is 0.200. The second kappa shape index (κ2) is 5.36. The van der Waals surface area contributed by atoms with Crippen molar-refractivity contribution in [2.45, 2.75) is 20.8 Å². The molecule has 2 aromatic rings. The van der Waals surface area contributed by atoms with Crippen molar-refractivity contribution in [1.82, 2.24) is 0 Å². The molecule has 0 bridgehead atoms. The fourth-order valence-corrected chi connectivity index (χ4v) is 2.73. The molecule has 2 rings (SSSR count). The third-order valence-corrected chi connectivity index (χ3v) is 4.01. The summed E-state index contributed by atoms with van der Waals surface area (Å²) in [5.74, 6) is -0.0980. The van der Waals surface area contributed by atoms with E-state index in [1.807, 2.05) is 19.9 Å². The monoisotopic (exact) mass is 273 g/mol. The molecule has 0 unspecified atom stereocenters. The summed E-state index contributed by atoms with van der Waals surface area (Å²) >= 11 is 1.51. The quantitative estimate of drug-likeness (QED) is 0.869. The van der Waals surface area contributed by atoms with Crippen LogP contribution in [0.5, 0.6) is 0 Å². The molecule has 1 aromatic carbocycles. The Labute approximate surface area is 116 Å². The van der Waals surface area contributed by atoms with Crippen molar-refractivity contribution in [1.29, 1.82) is 0 Å². The first-order valence-corrected chi connectivity index (χ1v) is 6.78. The Morgan fingerprint density at radius 3 is 2.21 bits per heavy atom. The van der Waals surface area contributed by atoms with Gasteiger partial charge in [0.2, 0.25) is 11.7 Å². The molecule has 0 aliphatic heterocycles. The molecule has 0 saturated carbocycles. The molecule has 0 saturated heterocycles. The molecule has 3 nitrogen and oxygen atoms in total. The van der Waals surface area contributed by atoms with E-state index in [1.165, 1.54) is 23.1 Å². The fourth-order valence-electron chi connectivity index (χ4n) is 1.74. The van der Waals surface area contributed by atoms with Crippen molar-refractivity contribution in [3.63, 3.8) is 0 Å². The molecule has 98 valence electrons. The average molecular weight is 273 g/mol. The van der Waals surface area contributed by atoms with Crippen LogP contribution in [-0.2, 0) is 4.79 Å². The van der Waals surface area contributed by atoms with Gasteiger partial charge in [-0.2, -0.15) is 0 Å². The number of thiophene rings is 1. The molecule has 1 aromatic heterocycles. The largest absolute Gasteiger partial charge is 0.326 e. The van der Waals surface area contributed by atoms with E-state index in [9.17, 15) is 9.59 Å². The summed E-state index contributed by atoms with van der Waals surface area (Å²) in [6.45, 7) is 5.47. The van der Waals surface area contributed by atoms with Crippen LogP contribution in [0.15, 0.2) is 30.3 Å². The summed E-state index contributed by atoms with van der Waals surface area (Å²) in [7, 11) is 0. The van der Waals surface area contributed by atoms with E-state index in [1.54, 1.807) is 24.3 Å². The zero-order chi connectivity index (χ0) is 14.0. The number of ketones is 1. The molecule has 0 aliphatic rings. The van der Waals surface area contributed by atoms with Crippen LogP contribution in [0.2, 0.25) is 0 Å². The van der Waals surface area contributed by atoms with Crippen LogP contribution in [0.3, 0.4) is 0 Å². The minimum atomic E-state index is -0.122. The highest BCUT2D eigenvalue weighted by atomic mass is 32.1. The summed E-state index contributed by atoms with van der Waals surface area (Å²) in [6, 6.07) is 8.87. The van der Waals surface area contributed by atoms with E-state index in [4.69, 9.17) is 0 Å². The highest BCUT2D eigenvalue weighted by Gasteiger charge is 2.12. The smallest absolute Gasteiger partial charge is 0.221 e. The molecule has 19 heavy (non-hydrogen) atoms. The minimum absolute atomic E-state index is 0.0237. The van der Waals surface area contributed by atoms with E-state index in [0.717, 1.165) is 10.4 Å². The zero-order valence-electron chi connectivity index (χ0n) is 11.1. The van der Waals surface area contributed by atoms with Gasteiger partial charge in [0.05, 0.1) is 4.88 Å². The lowest BCUT2D eigenvalue weighted by atomic mass is 10.1. The third-order valence-electron chi connectivity index (χ3n) is 2.86. The number of carbonyl (C=O) groups is 2. The Hall–Kier alpha value is -1.94. The number of benzene rings is 1. The van der Waals surface area contributed by atoms with E-state index in [0.29, 0.717) is 11.3 Å². The molecule has 1 amide bonds. The summed E-state index contributed by atoms with van der Waals surface area (Å²) in [4.78, 5) is 25.1. The second-order valence-corrected chi connectivity index (χ2v) is 5.69. The number of amides is 1. The van der Waals surface area contributed by atoms with Crippen LogP contribution in [0.1, 0.15) is 32.6 Å². The Bertz CT molecular complexity index is 607. The Morgan fingerprint density at radius 1 is 1.11 bits per heavy atom. The molecule has 0 fully saturated rings. The Kier molecular flexibility index (Phi) is 3.81. The van der Waals surface area contributed by atoms with Gasteiger partial charge in [0.1, 0.15) is 0 Å².